The van der Waals surface area contributed by atoms with Crippen LogP contribution in [0.4, 0.5) is 5.69 Å². The number of β-amino-alcohol motifs (C(OH)–C–C–N with tert-alkyl or cyclic N) is 1. The predicted octanol–water partition coefficient (Wildman–Crippen LogP) is 2.42. The summed E-state index contributed by atoms with van der Waals surface area (Å²) in [4.78, 5) is 2.36. The zero-order valence-electron chi connectivity index (χ0n) is 11.2. The summed E-state index contributed by atoms with van der Waals surface area (Å²) in [6.07, 6.45) is 3.36. The van der Waals surface area contributed by atoms with E-state index >= 15 is 0 Å². The highest BCUT2D eigenvalue weighted by Gasteiger charge is 2.24. The van der Waals surface area contributed by atoms with Crippen molar-refractivity contribution in [3.8, 4) is 0 Å². The Morgan fingerprint density at radius 2 is 2.22 bits per heavy atom. The van der Waals surface area contributed by atoms with Crippen LogP contribution < -0.4 is 5.73 Å². The Bertz CT molecular complexity index is 381. The molecule has 0 radical (unpaired) electrons. The molecule has 2 atom stereocenters. The van der Waals surface area contributed by atoms with Crippen molar-refractivity contribution in [1.82, 2.24) is 4.90 Å². The normalized spacial score (nSPS) is 22.2. The van der Waals surface area contributed by atoms with Gasteiger partial charge < -0.3 is 15.7 Å². The molecule has 3 N–H and O–H groups in total. The molecule has 1 fully saturated rings. The lowest BCUT2D eigenvalue weighted by Gasteiger charge is -2.21. The molecule has 1 heterocycles. The van der Waals surface area contributed by atoms with Crippen LogP contribution in [0.25, 0.3) is 0 Å². The van der Waals surface area contributed by atoms with E-state index in [1.807, 2.05) is 24.3 Å². The van der Waals surface area contributed by atoms with Crippen LogP contribution in [0.1, 0.15) is 37.9 Å². The van der Waals surface area contributed by atoms with Crippen molar-refractivity contribution < 1.29 is 5.11 Å². The summed E-state index contributed by atoms with van der Waals surface area (Å²) in [6.45, 7) is 5.17. The van der Waals surface area contributed by atoms with Gasteiger partial charge >= 0.3 is 0 Å². The van der Waals surface area contributed by atoms with Gasteiger partial charge in [0.1, 0.15) is 0 Å². The van der Waals surface area contributed by atoms with Gasteiger partial charge in [-0.2, -0.15) is 0 Å². The van der Waals surface area contributed by atoms with Gasteiger partial charge in [-0.15, -0.1) is 0 Å². The van der Waals surface area contributed by atoms with Gasteiger partial charge in [-0.05, 0) is 31.4 Å². The third-order valence-corrected chi connectivity index (χ3v) is 3.85. The van der Waals surface area contributed by atoms with E-state index in [0.29, 0.717) is 12.2 Å². The van der Waals surface area contributed by atoms with E-state index in [-0.39, 0.29) is 0 Å². The van der Waals surface area contributed by atoms with E-state index in [0.717, 1.165) is 24.6 Å². The average Bonchev–Trinajstić information content (AvgIpc) is 2.77. The van der Waals surface area contributed by atoms with Crippen LogP contribution in [0.5, 0.6) is 0 Å². The van der Waals surface area contributed by atoms with E-state index in [4.69, 9.17) is 5.73 Å². The zero-order valence-corrected chi connectivity index (χ0v) is 11.2. The lowest BCUT2D eigenvalue weighted by atomic mass is 10.0. The lowest BCUT2D eigenvalue weighted by molar-refractivity contribution is 0.124. The van der Waals surface area contributed by atoms with Gasteiger partial charge in [0.05, 0.1) is 6.10 Å². The number of para-hydroxylation sites is 1. The van der Waals surface area contributed by atoms with Crippen LogP contribution in [0.2, 0.25) is 0 Å². The minimum Gasteiger partial charge on any atom is -0.398 e. The highest BCUT2D eigenvalue weighted by atomic mass is 16.3. The number of hydrogen-bond donors (Lipinski definition) is 2. The van der Waals surface area contributed by atoms with E-state index < -0.39 is 6.10 Å². The van der Waals surface area contributed by atoms with Crippen molar-refractivity contribution >= 4 is 5.69 Å². The smallest absolute Gasteiger partial charge is 0.0936 e. The summed E-state index contributed by atoms with van der Waals surface area (Å²) in [6, 6.07) is 7.60. The number of anilines is 1. The van der Waals surface area contributed by atoms with Crippen LogP contribution >= 0.6 is 0 Å². The van der Waals surface area contributed by atoms with Crippen molar-refractivity contribution in [2.75, 3.05) is 25.4 Å². The molecule has 1 aromatic rings. The molecular formula is C15H24N2O. The van der Waals surface area contributed by atoms with Crippen molar-refractivity contribution in [3.05, 3.63) is 29.8 Å². The summed E-state index contributed by atoms with van der Waals surface area (Å²) >= 11 is 0. The third kappa shape index (κ3) is 3.24. The second kappa shape index (κ2) is 6.21. The number of likely N-dealkylation sites (tertiary alicyclic amines) is 1. The van der Waals surface area contributed by atoms with Crippen molar-refractivity contribution in [2.45, 2.75) is 32.3 Å². The van der Waals surface area contributed by atoms with E-state index in [1.54, 1.807) is 0 Å². The molecule has 1 aliphatic heterocycles. The lowest BCUT2D eigenvalue weighted by Crippen LogP contribution is -2.26. The molecule has 0 spiro atoms. The highest BCUT2D eigenvalue weighted by molar-refractivity contribution is 5.47. The van der Waals surface area contributed by atoms with Crippen molar-refractivity contribution in [3.63, 3.8) is 0 Å². The molecule has 0 amide bonds. The molecule has 3 heteroatoms. The topological polar surface area (TPSA) is 49.5 Å². The Kier molecular flexibility index (Phi) is 4.61. The van der Waals surface area contributed by atoms with Gasteiger partial charge in [0, 0.05) is 24.3 Å². The molecular weight excluding hydrogens is 224 g/mol. The van der Waals surface area contributed by atoms with Crippen LogP contribution in [-0.4, -0.2) is 29.6 Å². The van der Waals surface area contributed by atoms with E-state index in [1.165, 1.54) is 19.3 Å². The monoisotopic (exact) mass is 248 g/mol. The maximum absolute atomic E-state index is 10.3. The average molecular weight is 248 g/mol. The summed E-state index contributed by atoms with van der Waals surface area (Å²) in [5.41, 5.74) is 7.44. The number of nitrogens with two attached hydrogens (primary N) is 1. The summed E-state index contributed by atoms with van der Waals surface area (Å²) in [5.74, 6) is 0.815. The fourth-order valence-electron chi connectivity index (χ4n) is 2.88. The highest BCUT2D eigenvalue weighted by Crippen LogP contribution is 2.25. The number of rotatable bonds is 5. The SMILES string of the molecule is CCCC1CCN(CC(O)c2ccccc2N)C1. The first kappa shape index (κ1) is 13.4. The summed E-state index contributed by atoms with van der Waals surface area (Å²) < 4.78 is 0. The fourth-order valence-corrected chi connectivity index (χ4v) is 2.88. The molecule has 1 aliphatic rings. The summed E-state index contributed by atoms with van der Waals surface area (Å²) in [7, 11) is 0. The van der Waals surface area contributed by atoms with Crippen LogP contribution in [0.15, 0.2) is 24.3 Å². The van der Waals surface area contributed by atoms with Gasteiger partial charge in [0.25, 0.3) is 0 Å². The minimum atomic E-state index is -0.466. The number of benzene rings is 1. The fraction of sp³-hybridized carbons (Fsp3) is 0.600. The van der Waals surface area contributed by atoms with Crippen molar-refractivity contribution in [1.29, 1.82) is 0 Å². The Balaban J connectivity index is 1.89. The Labute approximate surface area is 110 Å². The first-order valence-electron chi connectivity index (χ1n) is 6.95. The third-order valence-electron chi connectivity index (χ3n) is 3.85. The van der Waals surface area contributed by atoms with Gasteiger partial charge in [-0.3, -0.25) is 0 Å². The molecule has 18 heavy (non-hydrogen) atoms. The van der Waals surface area contributed by atoms with E-state index in [2.05, 4.69) is 11.8 Å². The summed E-state index contributed by atoms with van der Waals surface area (Å²) in [5, 5.41) is 10.3. The molecule has 0 bridgehead atoms. The minimum absolute atomic E-state index is 0.466. The first-order valence-corrected chi connectivity index (χ1v) is 6.95. The number of hydrogen-bond acceptors (Lipinski definition) is 3. The van der Waals surface area contributed by atoms with Gasteiger partial charge in [-0.25, -0.2) is 0 Å². The van der Waals surface area contributed by atoms with Crippen LogP contribution in [0, 0.1) is 5.92 Å². The molecule has 1 aromatic carbocycles. The molecule has 0 saturated carbocycles. The maximum Gasteiger partial charge on any atom is 0.0936 e. The Morgan fingerprint density at radius 3 is 2.94 bits per heavy atom. The molecule has 0 aromatic heterocycles. The number of nitrogens with zero attached hydrogens (tertiary/aromatic N) is 1. The molecule has 3 nitrogen and oxygen atoms in total. The first-order chi connectivity index (χ1) is 8.70. The van der Waals surface area contributed by atoms with Crippen LogP contribution in [-0.2, 0) is 0 Å². The van der Waals surface area contributed by atoms with E-state index in [9.17, 15) is 5.11 Å². The molecule has 0 aliphatic carbocycles. The van der Waals surface area contributed by atoms with Gasteiger partial charge in [0.15, 0.2) is 0 Å². The molecule has 1 saturated heterocycles. The standard InChI is InChI=1S/C15H24N2O/c1-2-5-12-8-9-17(10-12)11-15(18)13-6-3-4-7-14(13)16/h3-4,6-7,12,15,18H,2,5,8-11,16H2,1H3. The second-order valence-corrected chi connectivity index (χ2v) is 5.35. The molecule has 2 unspecified atom stereocenters. The van der Waals surface area contributed by atoms with Gasteiger partial charge in [-0.1, -0.05) is 31.5 Å². The second-order valence-electron chi connectivity index (χ2n) is 5.35. The predicted molar refractivity (Wildman–Crippen MR) is 75.3 cm³/mol. The molecule has 100 valence electrons. The largest absolute Gasteiger partial charge is 0.398 e. The molecule has 2 rings (SSSR count). The Morgan fingerprint density at radius 1 is 1.44 bits per heavy atom. The number of aliphatic hydroxyl groups excluding tert-OH is 1. The van der Waals surface area contributed by atoms with Crippen molar-refractivity contribution in [2.24, 2.45) is 5.92 Å². The number of nitrogen functional groups attached to an aromatic ring is 1. The zero-order chi connectivity index (χ0) is 13.0. The number of aliphatic hydroxyl groups is 1. The van der Waals surface area contributed by atoms with Gasteiger partial charge in [0.2, 0.25) is 0 Å². The van der Waals surface area contributed by atoms with Crippen LogP contribution in [0.3, 0.4) is 0 Å². The Hall–Kier alpha value is -1.06. The maximum atomic E-state index is 10.3. The quantitative estimate of drug-likeness (QED) is 0.787.